The molecule has 0 aromatic carbocycles. The zero-order chi connectivity index (χ0) is 13.4. The molecule has 3 rings (SSSR count). The monoisotopic (exact) mass is 264 g/mol. The molecule has 2 bridgehead atoms. The van der Waals surface area contributed by atoms with Gasteiger partial charge in [0.25, 0.3) is 0 Å². The largest absolute Gasteiger partial charge is 0.478 e. The summed E-state index contributed by atoms with van der Waals surface area (Å²) in [6, 6.07) is 1.06. The molecule has 0 spiro atoms. The number of halogens is 1. The maximum atomic E-state index is 13.2. The number of pyridine rings is 1. The average Bonchev–Trinajstić information content (AvgIpc) is 2.38. The van der Waals surface area contributed by atoms with Gasteiger partial charge >= 0.3 is 5.97 Å². The Balaban J connectivity index is 1.91. The summed E-state index contributed by atoms with van der Waals surface area (Å²) in [6.07, 6.45) is 6.02. The number of hydrogen-bond donors (Lipinski definition) is 1. The van der Waals surface area contributed by atoms with Gasteiger partial charge in [-0.3, -0.25) is 0 Å². The van der Waals surface area contributed by atoms with Crippen LogP contribution in [0.5, 0.6) is 0 Å². The molecule has 0 radical (unpaired) electrons. The highest BCUT2D eigenvalue weighted by atomic mass is 19.1. The van der Waals surface area contributed by atoms with Crippen molar-refractivity contribution in [1.82, 2.24) is 4.98 Å². The summed E-state index contributed by atoms with van der Waals surface area (Å²) in [5, 5.41) is 9.19. The van der Waals surface area contributed by atoms with Crippen LogP contribution in [0.3, 0.4) is 0 Å². The number of anilines is 1. The van der Waals surface area contributed by atoms with Gasteiger partial charge in [0.05, 0.1) is 6.20 Å². The smallest absolute Gasteiger partial charge is 0.339 e. The van der Waals surface area contributed by atoms with E-state index < -0.39 is 11.8 Å². The minimum absolute atomic E-state index is 0.0278. The lowest BCUT2D eigenvalue weighted by Crippen LogP contribution is -2.43. The Labute approximate surface area is 111 Å². The molecule has 2 aliphatic rings. The Morgan fingerprint density at radius 1 is 1.37 bits per heavy atom. The number of carboxylic acid groups (broad SMARTS) is 1. The van der Waals surface area contributed by atoms with E-state index in [1.807, 2.05) is 4.90 Å². The van der Waals surface area contributed by atoms with Crippen LogP contribution in [0.25, 0.3) is 0 Å². The first kappa shape index (κ1) is 12.4. The lowest BCUT2D eigenvalue weighted by atomic mass is 9.78. The SMILES string of the molecule is O=C(O)c1cc(F)cnc1N1CC2CCCC(C2)C1. The van der Waals surface area contributed by atoms with E-state index in [4.69, 9.17) is 0 Å². The molecule has 4 nitrogen and oxygen atoms in total. The topological polar surface area (TPSA) is 53.4 Å². The normalized spacial score (nSPS) is 26.3. The second kappa shape index (κ2) is 4.79. The molecular formula is C14H17FN2O2. The zero-order valence-corrected chi connectivity index (χ0v) is 10.7. The van der Waals surface area contributed by atoms with Crippen LogP contribution >= 0.6 is 0 Å². The van der Waals surface area contributed by atoms with E-state index in [9.17, 15) is 14.3 Å². The molecule has 1 N–H and O–H groups in total. The fraction of sp³-hybridized carbons (Fsp3) is 0.571. The van der Waals surface area contributed by atoms with Crippen molar-refractivity contribution < 1.29 is 14.3 Å². The van der Waals surface area contributed by atoms with E-state index >= 15 is 0 Å². The van der Waals surface area contributed by atoms with Gasteiger partial charge < -0.3 is 10.0 Å². The number of hydrogen-bond acceptors (Lipinski definition) is 3. The summed E-state index contributed by atoms with van der Waals surface area (Å²) in [5.74, 6) is -0.0383. The summed E-state index contributed by atoms with van der Waals surface area (Å²) in [5.41, 5.74) is -0.0278. The van der Waals surface area contributed by atoms with Gasteiger partial charge in [-0.25, -0.2) is 14.2 Å². The predicted octanol–water partition coefficient (Wildman–Crippen LogP) is 2.55. The first-order valence-electron chi connectivity index (χ1n) is 6.77. The molecule has 2 fully saturated rings. The molecular weight excluding hydrogens is 247 g/mol. The second-order valence-electron chi connectivity index (χ2n) is 5.63. The maximum Gasteiger partial charge on any atom is 0.339 e. The van der Waals surface area contributed by atoms with Crippen LogP contribution in [0.1, 0.15) is 36.0 Å². The van der Waals surface area contributed by atoms with E-state index in [0.29, 0.717) is 17.7 Å². The molecule has 5 heteroatoms. The molecule has 102 valence electrons. The minimum atomic E-state index is -1.11. The third kappa shape index (κ3) is 2.41. The van der Waals surface area contributed by atoms with Crippen LogP contribution in [-0.2, 0) is 0 Å². The Hall–Kier alpha value is -1.65. The molecule has 0 amide bonds. The van der Waals surface area contributed by atoms with Crippen molar-refractivity contribution in [1.29, 1.82) is 0 Å². The number of carboxylic acids is 1. The Kier molecular flexibility index (Phi) is 3.12. The molecule has 19 heavy (non-hydrogen) atoms. The van der Waals surface area contributed by atoms with Crippen LogP contribution in [-0.4, -0.2) is 29.1 Å². The van der Waals surface area contributed by atoms with Gasteiger partial charge in [0, 0.05) is 13.1 Å². The molecule has 1 aromatic rings. The standard InChI is InChI=1S/C14H17FN2O2/c15-11-5-12(14(18)19)13(16-6-11)17-7-9-2-1-3-10(4-9)8-17/h5-6,9-10H,1-4,7-8H2,(H,18,19). The summed E-state index contributed by atoms with van der Waals surface area (Å²) in [6.45, 7) is 1.69. The number of carbonyl (C=O) groups is 1. The van der Waals surface area contributed by atoms with Gasteiger partial charge in [0.15, 0.2) is 0 Å². The van der Waals surface area contributed by atoms with Crippen molar-refractivity contribution in [2.24, 2.45) is 11.8 Å². The molecule has 1 aromatic heterocycles. The van der Waals surface area contributed by atoms with Crippen molar-refractivity contribution in [2.45, 2.75) is 25.7 Å². The summed E-state index contributed by atoms with van der Waals surface area (Å²) in [4.78, 5) is 17.3. The van der Waals surface area contributed by atoms with Crippen LogP contribution in [0, 0.1) is 17.7 Å². The fourth-order valence-electron chi connectivity index (χ4n) is 3.45. The van der Waals surface area contributed by atoms with E-state index in [1.54, 1.807) is 0 Å². The average molecular weight is 264 g/mol. The second-order valence-corrected chi connectivity index (χ2v) is 5.63. The first-order chi connectivity index (χ1) is 9.13. The van der Waals surface area contributed by atoms with E-state index in [2.05, 4.69) is 4.98 Å². The molecule has 2 heterocycles. The van der Waals surface area contributed by atoms with Gasteiger partial charge in [-0.15, -0.1) is 0 Å². The van der Waals surface area contributed by atoms with Crippen LogP contribution in [0.2, 0.25) is 0 Å². The van der Waals surface area contributed by atoms with Crippen molar-refractivity contribution >= 4 is 11.8 Å². The number of aromatic carboxylic acids is 1. The Morgan fingerprint density at radius 3 is 2.68 bits per heavy atom. The maximum absolute atomic E-state index is 13.2. The molecule has 2 atom stereocenters. The summed E-state index contributed by atoms with van der Waals surface area (Å²) >= 11 is 0. The number of fused-ring (bicyclic) bond motifs is 2. The van der Waals surface area contributed by atoms with E-state index in [0.717, 1.165) is 25.4 Å². The zero-order valence-electron chi connectivity index (χ0n) is 10.7. The van der Waals surface area contributed by atoms with Crippen molar-refractivity contribution in [3.05, 3.63) is 23.6 Å². The minimum Gasteiger partial charge on any atom is -0.478 e. The quantitative estimate of drug-likeness (QED) is 0.892. The highest BCUT2D eigenvalue weighted by Gasteiger charge is 2.32. The van der Waals surface area contributed by atoms with Gasteiger partial charge in [-0.05, 0) is 37.2 Å². The van der Waals surface area contributed by atoms with Gasteiger partial charge in [0.1, 0.15) is 17.2 Å². The highest BCUT2D eigenvalue weighted by Crippen LogP contribution is 2.36. The van der Waals surface area contributed by atoms with Crippen LogP contribution < -0.4 is 4.90 Å². The molecule has 1 saturated heterocycles. The number of rotatable bonds is 2. The van der Waals surface area contributed by atoms with Gasteiger partial charge in [-0.2, -0.15) is 0 Å². The van der Waals surface area contributed by atoms with Gasteiger partial charge in [-0.1, -0.05) is 6.42 Å². The third-order valence-electron chi connectivity index (χ3n) is 4.21. The van der Waals surface area contributed by atoms with Crippen molar-refractivity contribution in [3.63, 3.8) is 0 Å². The number of nitrogens with zero attached hydrogens (tertiary/aromatic N) is 2. The van der Waals surface area contributed by atoms with Crippen molar-refractivity contribution in [3.8, 4) is 0 Å². The Bertz CT molecular complexity index is 494. The van der Waals surface area contributed by atoms with Crippen LogP contribution in [0.4, 0.5) is 10.2 Å². The molecule has 2 unspecified atom stereocenters. The highest BCUT2D eigenvalue weighted by molar-refractivity contribution is 5.93. The third-order valence-corrected chi connectivity index (χ3v) is 4.21. The fourth-order valence-corrected chi connectivity index (χ4v) is 3.45. The lowest BCUT2D eigenvalue weighted by Gasteiger charge is -2.42. The molecule has 1 aliphatic heterocycles. The number of aromatic nitrogens is 1. The Morgan fingerprint density at radius 2 is 2.05 bits per heavy atom. The first-order valence-corrected chi connectivity index (χ1v) is 6.77. The molecule has 1 aliphatic carbocycles. The van der Waals surface area contributed by atoms with E-state index in [1.165, 1.54) is 25.7 Å². The van der Waals surface area contributed by atoms with E-state index in [-0.39, 0.29) is 5.56 Å². The lowest BCUT2D eigenvalue weighted by molar-refractivity contribution is 0.0696. The number of piperidine rings is 1. The van der Waals surface area contributed by atoms with Crippen LogP contribution in [0.15, 0.2) is 12.3 Å². The predicted molar refractivity (Wildman–Crippen MR) is 68.8 cm³/mol. The van der Waals surface area contributed by atoms with Crippen molar-refractivity contribution in [2.75, 3.05) is 18.0 Å². The molecule has 1 saturated carbocycles. The van der Waals surface area contributed by atoms with Gasteiger partial charge in [0.2, 0.25) is 0 Å². The summed E-state index contributed by atoms with van der Waals surface area (Å²) < 4.78 is 13.2. The summed E-state index contributed by atoms with van der Waals surface area (Å²) in [7, 11) is 0.